The molecule has 1 fully saturated rings. The molecule has 1 amide bonds. The van der Waals surface area contributed by atoms with Crippen LogP contribution in [-0.2, 0) is 4.84 Å². The minimum Gasteiger partial charge on any atom is -0.410 e. The van der Waals surface area contributed by atoms with Crippen LogP contribution in [0, 0.1) is 0 Å². The third-order valence-corrected chi connectivity index (χ3v) is 3.93. The summed E-state index contributed by atoms with van der Waals surface area (Å²) in [6.07, 6.45) is -0.498. The van der Waals surface area contributed by atoms with Crippen LogP contribution < -0.4 is 15.0 Å². The molecule has 1 heterocycles. The fourth-order valence-electron chi connectivity index (χ4n) is 2.62. The van der Waals surface area contributed by atoms with E-state index in [9.17, 15) is 4.79 Å². The summed E-state index contributed by atoms with van der Waals surface area (Å²) >= 11 is 0. The summed E-state index contributed by atoms with van der Waals surface area (Å²) in [5.74, 6) is 0.516. The second-order valence-corrected chi connectivity index (χ2v) is 5.47. The molecule has 6 nitrogen and oxygen atoms in total. The van der Waals surface area contributed by atoms with Gasteiger partial charge in [0.25, 0.3) is 0 Å². The fourth-order valence-corrected chi connectivity index (χ4v) is 2.62. The van der Waals surface area contributed by atoms with E-state index in [4.69, 9.17) is 9.57 Å². The monoisotopic (exact) mass is 327 g/mol. The quantitative estimate of drug-likeness (QED) is 0.935. The largest absolute Gasteiger partial charge is 0.417 e. The van der Waals surface area contributed by atoms with Crippen LogP contribution in [0.1, 0.15) is 0 Å². The van der Waals surface area contributed by atoms with Crippen molar-refractivity contribution in [3.05, 3.63) is 54.6 Å². The summed E-state index contributed by atoms with van der Waals surface area (Å²) in [4.78, 5) is 19.4. The lowest BCUT2D eigenvalue weighted by molar-refractivity contribution is -0.133. The van der Waals surface area contributed by atoms with Crippen LogP contribution in [0.4, 0.5) is 16.2 Å². The molecule has 0 saturated carbocycles. The number of carbonyl (C=O) groups is 1. The maximum absolute atomic E-state index is 11.9. The van der Waals surface area contributed by atoms with Gasteiger partial charge in [0.1, 0.15) is 5.75 Å². The van der Waals surface area contributed by atoms with E-state index in [1.807, 2.05) is 47.5 Å². The van der Waals surface area contributed by atoms with Crippen molar-refractivity contribution >= 4 is 17.5 Å². The highest BCUT2D eigenvalue weighted by Crippen LogP contribution is 2.20. The Morgan fingerprint density at radius 3 is 2.25 bits per heavy atom. The predicted molar refractivity (Wildman–Crippen MR) is 93.3 cm³/mol. The van der Waals surface area contributed by atoms with Crippen LogP contribution in [0.3, 0.4) is 0 Å². The summed E-state index contributed by atoms with van der Waals surface area (Å²) in [6.45, 7) is 3.58. The zero-order valence-electron chi connectivity index (χ0n) is 13.6. The Hall–Kier alpha value is -2.57. The number of hydrogen-bond donors (Lipinski definition) is 1. The molecule has 126 valence electrons. The zero-order valence-corrected chi connectivity index (χ0v) is 13.6. The van der Waals surface area contributed by atoms with Gasteiger partial charge in [-0.1, -0.05) is 18.2 Å². The van der Waals surface area contributed by atoms with E-state index in [0.717, 1.165) is 31.9 Å². The first-order valence-electron chi connectivity index (χ1n) is 7.92. The molecule has 0 bridgehead atoms. The van der Waals surface area contributed by atoms with Gasteiger partial charge in [-0.3, -0.25) is 5.32 Å². The SMILES string of the molecule is CON1CCN(c2ccc(NC(=O)Oc3ccccc3)cc2)CC1. The number of piperazine rings is 1. The lowest BCUT2D eigenvalue weighted by Crippen LogP contribution is -2.45. The third kappa shape index (κ3) is 4.24. The van der Waals surface area contributed by atoms with Gasteiger partial charge in [0.2, 0.25) is 0 Å². The van der Waals surface area contributed by atoms with E-state index in [0.29, 0.717) is 11.4 Å². The first kappa shape index (κ1) is 16.3. The number of anilines is 2. The van der Waals surface area contributed by atoms with Crippen LogP contribution in [0.2, 0.25) is 0 Å². The molecule has 24 heavy (non-hydrogen) atoms. The minimum absolute atomic E-state index is 0.498. The van der Waals surface area contributed by atoms with Gasteiger partial charge in [-0.05, 0) is 36.4 Å². The van der Waals surface area contributed by atoms with E-state index in [1.165, 1.54) is 0 Å². The van der Waals surface area contributed by atoms with Gasteiger partial charge in [-0.2, -0.15) is 5.06 Å². The zero-order chi connectivity index (χ0) is 16.8. The molecule has 6 heteroatoms. The van der Waals surface area contributed by atoms with Gasteiger partial charge in [-0.25, -0.2) is 4.79 Å². The van der Waals surface area contributed by atoms with Gasteiger partial charge in [-0.15, -0.1) is 0 Å². The summed E-state index contributed by atoms with van der Waals surface area (Å²) in [5.41, 5.74) is 1.84. The van der Waals surface area contributed by atoms with Gasteiger partial charge < -0.3 is 14.5 Å². The van der Waals surface area contributed by atoms with Crippen molar-refractivity contribution in [2.24, 2.45) is 0 Å². The van der Waals surface area contributed by atoms with E-state index < -0.39 is 6.09 Å². The Bertz CT molecular complexity index is 653. The van der Waals surface area contributed by atoms with Crippen LogP contribution in [0.25, 0.3) is 0 Å². The topological polar surface area (TPSA) is 54.0 Å². The van der Waals surface area contributed by atoms with Crippen LogP contribution in [0.5, 0.6) is 5.75 Å². The predicted octanol–water partition coefficient (Wildman–Crippen LogP) is 2.98. The number of nitrogens with one attached hydrogen (secondary N) is 1. The Labute approximate surface area is 141 Å². The van der Waals surface area contributed by atoms with Crippen LogP contribution in [0.15, 0.2) is 54.6 Å². The lowest BCUT2D eigenvalue weighted by Gasteiger charge is -2.34. The Kier molecular flexibility index (Phi) is 5.30. The molecule has 1 saturated heterocycles. The summed E-state index contributed by atoms with van der Waals surface area (Å²) in [7, 11) is 1.70. The average molecular weight is 327 g/mol. The van der Waals surface area contributed by atoms with Crippen molar-refractivity contribution in [2.45, 2.75) is 0 Å². The number of nitrogens with zero attached hydrogens (tertiary/aromatic N) is 2. The molecular weight excluding hydrogens is 306 g/mol. The Morgan fingerprint density at radius 1 is 0.958 bits per heavy atom. The van der Waals surface area contributed by atoms with Gasteiger partial charge in [0, 0.05) is 37.6 Å². The molecule has 0 radical (unpaired) electrons. The van der Waals surface area contributed by atoms with Gasteiger partial charge >= 0.3 is 6.09 Å². The van der Waals surface area contributed by atoms with Crippen LogP contribution in [-0.4, -0.2) is 44.4 Å². The van der Waals surface area contributed by atoms with Crippen molar-refractivity contribution in [1.82, 2.24) is 5.06 Å². The van der Waals surface area contributed by atoms with Crippen molar-refractivity contribution in [2.75, 3.05) is 43.5 Å². The van der Waals surface area contributed by atoms with Gasteiger partial charge in [0.15, 0.2) is 0 Å². The average Bonchev–Trinajstić information content (AvgIpc) is 2.63. The Balaban J connectivity index is 1.54. The normalized spacial score (nSPS) is 15.1. The number of hydrogen-bond acceptors (Lipinski definition) is 5. The molecule has 1 aliphatic heterocycles. The molecular formula is C18H21N3O3. The highest BCUT2D eigenvalue weighted by atomic mass is 16.7. The number of para-hydroxylation sites is 1. The molecule has 0 unspecified atom stereocenters. The second-order valence-electron chi connectivity index (χ2n) is 5.47. The van der Waals surface area contributed by atoms with E-state index >= 15 is 0 Å². The van der Waals surface area contributed by atoms with Crippen molar-refractivity contribution in [3.8, 4) is 5.75 Å². The van der Waals surface area contributed by atoms with Gasteiger partial charge in [0.05, 0.1) is 7.11 Å². The minimum atomic E-state index is -0.498. The number of rotatable bonds is 4. The molecule has 1 N–H and O–H groups in total. The highest BCUT2D eigenvalue weighted by molar-refractivity contribution is 5.86. The number of amides is 1. The lowest BCUT2D eigenvalue weighted by atomic mass is 10.2. The maximum Gasteiger partial charge on any atom is 0.417 e. The second kappa shape index (κ2) is 7.81. The summed E-state index contributed by atoms with van der Waals surface area (Å²) in [5, 5.41) is 4.68. The molecule has 1 aliphatic rings. The molecule has 0 aromatic heterocycles. The van der Waals surface area contributed by atoms with E-state index in [1.54, 1.807) is 19.2 Å². The van der Waals surface area contributed by atoms with Crippen molar-refractivity contribution in [1.29, 1.82) is 0 Å². The number of carbonyl (C=O) groups excluding carboxylic acids is 1. The smallest absolute Gasteiger partial charge is 0.410 e. The van der Waals surface area contributed by atoms with Crippen molar-refractivity contribution in [3.63, 3.8) is 0 Å². The maximum atomic E-state index is 11.9. The number of ether oxygens (including phenoxy) is 1. The highest BCUT2D eigenvalue weighted by Gasteiger charge is 2.16. The summed E-state index contributed by atoms with van der Waals surface area (Å²) < 4.78 is 5.21. The number of benzene rings is 2. The number of hydroxylamine groups is 2. The van der Waals surface area contributed by atoms with Crippen LogP contribution >= 0.6 is 0 Å². The summed E-state index contributed by atoms with van der Waals surface area (Å²) in [6, 6.07) is 16.7. The Morgan fingerprint density at radius 2 is 1.62 bits per heavy atom. The molecule has 2 aromatic carbocycles. The molecule has 0 aliphatic carbocycles. The first-order valence-corrected chi connectivity index (χ1v) is 7.92. The standard InChI is InChI=1S/C18H21N3O3/c1-23-21-13-11-20(12-14-21)16-9-7-15(8-10-16)19-18(22)24-17-5-3-2-4-6-17/h2-10H,11-14H2,1H3,(H,19,22). The fraction of sp³-hybridized carbons (Fsp3) is 0.278. The molecule has 3 rings (SSSR count). The molecule has 0 spiro atoms. The van der Waals surface area contributed by atoms with Crippen molar-refractivity contribution < 1.29 is 14.4 Å². The van der Waals surface area contributed by atoms with E-state index in [-0.39, 0.29) is 0 Å². The first-order chi connectivity index (χ1) is 11.7. The third-order valence-electron chi connectivity index (χ3n) is 3.93. The molecule has 2 aromatic rings. The molecule has 0 atom stereocenters. The van der Waals surface area contributed by atoms with E-state index in [2.05, 4.69) is 10.2 Å².